The molecule has 0 aliphatic rings. The lowest BCUT2D eigenvalue weighted by Gasteiger charge is -2.04. The number of aliphatic hydroxyl groups excluding tert-OH is 1. The first kappa shape index (κ1) is 10.1. The predicted octanol–water partition coefficient (Wildman–Crippen LogP) is -1.26. The molecular formula is C6H11NO4. The molecule has 0 amide bonds. The highest BCUT2D eigenvalue weighted by atomic mass is 16.4. The van der Waals surface area contributed by atoms with Gasteiger partial charge in [0.2, 0.25) is 5.78 Å². The number of hydrogen-bond donors (Lipinski definition) is 3. The summed E-state index contributed by atoms with van der Waals surface area (Å²) in [5.74, 6) is -2.49. The van der Waals surface area contributed by atoms with Crippen molar-refractivity contribution in [2.45, 2.75) is 18.9 Å². The van der Waals surface area contributed by atoms with Gasteiger partial charge in [0.15, 0.2) is 0 Å². The number of ketones is 1. The van der Waals surface area contributed by atoms with E-state index in [1.807, 2.05) is 0 Å². The Morgan fingerprint density at radius 3 is 2.36 bits per heavy atom. The quantitative estimate of drug-likeness (QED) is 0.437. The summed E-state index contributed by atoms with van der Waals surface area (Å²) < 4.78 is 0. The van der Waals surface area contributed by atoms with Gasteiger partial charge in [0, 0.05) is 6.42 Å². The first-order valence-corrected chi connectivity index (χ1v) is 3.22. The molecule has 0 aliphatic heterocycles. The third-order valence-corrected chi connectivity index (χ3v) is 1.16. The summed E-state index contributed by atoms with van der Waals surface area (Å²) in [6.45, 7) is 0.244. The zero-order valence-corrected chi connectivity index (χ0v) is 5.99. The van der Waals surface area contributed by atoms with Crippen molar-refractivity contribution in [1.82, 2.24) is 0 Å². The highest BCUT2D eigenvalue weighted by Crippen LogP contribution is 1.96. The molecule has 0 radical (unpaired) electrons. The summed E-state index contributed by atoms with van der Waals surface area (Å²) in [5, 5.41) is 17.0. The summed E-state index contributed by atoms with van der Waals surface area (Å²) in [4.78, 5) is 20.4. The minimum atomic E-state index is -1.51. The number of nitrogens with two attached hydrogens (primary N) is 1. The minimum Gasteiger partial charge on any atom is -0.475 e. The standard InChI is InChI=1S/C6H11NO4/c7-2-1-4(8)3-5(9)6(10)11/h4,8H,1-3,7H2,(H,10,11). The Morgan fingerprint density at radius 1 is 1.45 bits per heavy atom. The third-order valence-electron chi connectivity index (χ3n) is 1.16. The molecule has 0 rings (SSSR count). The van der Waals surface area contributed by atoms with Crippen molar-refractivity contribution in [3.63, 3.8) is 0 Å². The Morgan fingerprint density at radius 2 is 2.00 bits per heavy atom. The Hall–Kier alpha value is -0.940. The van der Waals surface area contributed by atoms with E-state index in [9.17, 15) is 9.59 Å². The first-order chi connectivity index (χ1) is 5.07. The van der Waals surface area contributed by atoms with Crippen LogP contribution in [0, 0.1) is 0 Å². The van der Waals surface area contributed by atoms with Crippen molar-refractivity contribution in [2.75, 3.05) is 6.54 Å². The van der Waals surface area contributed by atoms with Gasteiger partial charge in [-0.15, -0.1) is 0 Å². The van der Waals surface area contributed by atoms with E-state index in [0.29, 0.717) is 0 Å². The van der Waals surface area contributed by atoms with Gasteiger partial charge in [0.25, 0.3) is 0 Å². The number of carbonyl (C=O) groups excluding carboxylic acids is 1. The van der Waals surface area contributed by atoms with Crippen molar-refractivity contribution in [3.05, 3.63) is 0 Å². The highest BCUT2D eigenvalue weighted by molar-refractivity contribution is 6.32. The summed E-state index contributed by atoms with van der Waals surface area (Å²) in [6.07, 6.45) is -1.03. The zero-order chi connectivity index (χ0) is 8.85. The van der Waals surface area contributed by atoms with Crippen LogP contribution >= 0.6 is 0 Å². The average Bonchev–Trinajstić information content (AvgIpc) is 1.87. The van der Waals surface area contributed by atoms with Crippen molar-refractivity contribution in [3.8, 4) is 0 Å². The number of carbonyl (C=O) groups is 2. The van der Waals surface area contributed by atoms with Crippen molar-refractivity contribution < 1.29 is 19.8 Å². The maximum atomic E-state index is 10.4. The molecule has 0 aromatic rings. The molecule has 5 heteroatoms. The number of carboxylic acid groups (broad SMARTS) is 1. The van der Waals surface area contributed by atoms with Gasteiger partial charge in [-0.1, -0.05) is 0 Å². The second kappa shape index (κ2) is 4.81. The lowest BCUT2D eigenvalue weighted by Crippen LogP contribution is -2.22. The van der Waals surface area contributed by atoms with Crippen LogP contribution in [0.1, 0.15) is 12.8 Å². The van der Waals surface area contributed by atoms with Crippen LogP contribution in [-0.2, 0) is 9.59 Å². The fourth-order valence-corrected chi connectivity index (χ4v) is 0.596. The van der Waals surface area contributed by atoms with Crippen molar-refractivity contribution in [2.24, 2.45) is 5.73 Å². The number of aliphatic hydroxyl groups is 1. The Labute approximate surface area is 63.8 Å². The molecular weight excluding hydrogens is 150 g/mol. The van der Waals surface area contributed by atoms with E-state index in [1.165, 1.54) is 0 Å². The van der Waals surface area contributed by atoms with Gasteiger partial charge in [-0.05, 0) is 13.0 Å². The lowest BCUT2D eigenvalue weighted by molar-refractivity contribution is -0.150. The van der Waals surface area contributed by atoms with E-state index in [0.717, 1.165) is 0 Å². The second-order valence-electron chi connectivity index (χ2n) is 2.16. The Kier molecular flexibility index (Phi) is 4.40. The Balaban J connectivity index is 3.66. The van der Waals surface area contributed by atoms with Crippen molar-refractivity contribution >= 4 is 11.8 Å². The van der Waals surface area contributed by atoms with Gasteiger partial charge >= 0.3 is 5.97 Å². The fraction of sp³-hybridized carbons (Fsp3) is 0.667. The molecule has 0 saturated carbocycles. The molecule has 0 aromatic carbocycles. The van der Waals surface area contributed by atoms with Gasteiger partial charge in [-0.25, -0.2) is 4.79 Å². The normalized spacial score (nSPS) is 12.5. The van der Waals surface area contributed by atoms with Crippen LogP contribution in [0.5, 0.6) is 0 Å². The first-order valence-electron chi connectivity index (χ1n) is 3.22. The van der Waals surface area contributed by atoms with E-state index in [2.05, 4.69) is 0 Å². The van der Waals surface area contributed by atoms with E-state index in [4.69, 9.17) is 15.9 Å². The van der Waals surface area contributed by atoms with Crippen LogP contribution < -0.4 is 5.73 Å². The van der Waals surface area contributed by atoms with Gasteiger partial charge < -0.3 is 15.9 Å². The summed E-state index contributed by atoms with van der Waals surface area (Å²) in [6, 6.07) is 0. The number of aliphatic carboxylic acids is 1. The van der Waals surface area contributed by atoms with E-state index in [-0.39, 0.29) is 19.4 Å². The summed E-state index contributed by atoms with van der Waals surface area (Å²) in [5.41, 5.74) is 5.06. The van der Waals surface area contributed by atoms with E-state index < -0.39 is 17.9 Å². The Bertz CT molecular complexity index is 157. The van der Waals surface area contributed by atoms with Crippen LogP contribution in [-0.4, -0.2) is 34.6 Å². The molecule has 0 saturated heterocycles. The highest BCUT2D eigenvalue weighted by Gasteiger charge is 2.15. The van der Waals surface area contributed by atoms with Crippen molar-refractivity contribution in [1.29, 1.82) is 0 Å². The van der Waals surface area contributed by atoms with Crippen LogP contribution in [0.3, 0.4) is 0 Å². The average molecular weight is 161 g/mol. The molecule has 1 unspecified atom stereocenters. The van der Waals surface area contributed by atoms with Gasteiger partial charge in [0.1, 0.15) is 0 Å². The number of hydrogen-bond acceptors (Lipinski definition) is 4. The predicted molar refractivity (Wildman–Crippen MR) is 36.9 cm³/mol. The molecule has 11 heavy (non-hydrogen) atoms. The molecule has 0 heterocycles. The van der Waals surface area contributed by atoms with E-state index in [1.54, 1.807) is 0 Å². The fourth-order valence-electron chi connectivity index (χ4n) is 0.596. The third kappa shape index (κ3) is 4.46. The molecule has 5 nitrogen and oxygen atoms in total. The monoisotopic (exact) mass is 161 g/mol. The van der Waals surface area contributed by atoms with Gasteiger partial charge in [-0.2, -0.15) is 0 Å². The van der Waals surface area contributed by atoms with Crippen LogP contribution in [0.2, 0.25) is 0 Å². The molecule has 4 N–H and O–H groups in total. The maximum Gasteiger partial charge on any atom is 0.372 e. The molecule has 0 aromatic heterocycles. The van der Waals surface area contributed by atoms with Gasteiger partial charge in [0.05, 0.1) is 6.10 Å². The lowest BCUT2D eigenvalue weighted by atomic mass is 10.1. The second-order valence-corrected chi connectivity index (χ2v) is 2.16. The summed E-state index contributed by atoms with van der Waals surface area (Å²) in [7, 11) is 0. The molecule has 0 bridgehead atoms. The molecule has 0 spiro atoms. The molecule has 0 aliphatic carbocycles. The van der Waals surface area contributed by atoms with E-state index >= 15 is 0 Å². The largest absolute Gasteiger partial charge is 0.475 e. The zero-order valence-electron chi connectivity index (χ0n) is 5.99. The van der Waals surface area contributed by atoms with Crippen LogP contribution in [0.25, 0.3) is 0 Å². The SMILES string of the molecule is NCCC(O)CC(=O)C(=O)O. The van der Waals surface area contributed by atoms with Crippen LogP contribution in [0.15, 0.2) is 0 Å². The maximum absolute atomic E-state index is 10.4. The minimum absolute atomic E-state index is 0.244. The molecule has 1 atom stereocenters. The number of rotatable bonds is 5. The number of carboxylic acids is 1. The molecule has 0 fully saturated rings. The molecule has 64 valence electrons. The topological polar surface area (TPSA) is 101 Å². The number of Topliss-reactive ketones (excluding diaryl/α,β-unsaturated/α-hetero) is 1. The smallest absolute Gasteiger partial charge is 0.372 e. The summed E-state index contributed by atoms with van der Waals surface area (Å²) >= 11 is 0. The van der Waals surface area contributed by atoms with Crippen LogP contribution in [0.4, 0.5) is 0 Å². The van der Waals surface area contributed by atoms with Gasteiger partial charge in [-0.3, -0.25) is 4.79 Å².